The SMILES string of the molecule is CN(C)C(=O)OC1C[N+]2(COCn3cc[n+](C)c3C(N)=O)CCC1CC2. The molecule has 2 amide bonds. The molecular formula is C17H29N5O4+2. The molecule has 0 aliphatic carbocycles. The zero-order valence-electron chi connectivity index (χ0n) is 15.8. The van der Waals surface area contributed by atoms with E-state index in [0.717, 1.165) is 37.0 Å². The first kappa shape index (κ1) is 18.7. The van der Waals surface area contributed by atoms with Gasteiger partial charge >= 0.3 is 17.8 Å². The number of nitrogens with zero attached hydrogens (tertiary/aromatic N) is 4. The van der Waals surface area contributed by atoms with Gasteiger partial charge in [-0.25, -0.2) is 13.9 Å². The summed E-state index contributed by atoms with van der Waals surface area (Å²) in [5.41, 5.74) is 5.43. The van der Waals surface area contributed by atoms with E-state index in [2.05, 4.69) is 0 Å². The number of imidazole rings is 1. The highest BCUT2D eigenvalue weighted by Gasteiger charge is 2.48. The monoisotopic (exact) mass is 367 g/mol. The third-order valence-electron chi connectivity index (χ3n) is 5.55. The summed E-state index contributed by atoms with van der Waals surface area (Å²) in [4.78, 5) is 24.9. The summed E-state index contributed by atoms with van der Waals surface area (Å²) in [6, 6.07) is 0. The number of nitrogens with two attached hydrogens (primary N) is 1. The minimum absolute atomic E-state index is 0.0541. The summed E-state index contributed by atoms with van der Waals surface area (Å²) in [6.45, 7) is 3.64. The van der Waals surface area contributed by atoms with Gasteiger partial charge in [-0.15, -0.1) is 0 Å². The first-order chi connectivity index (χ1) is 12.3. The summed E-state index contributed by atoms with van der Waals surface area (Å²) in [5.74, 6) is 0.367. The molecule has 3 fully saturated rings. The second kappa shape index (κ2) is 7.24. The van der Waals surface area contributed by atoms with Crippen LogP contribution in [0, 0.1) is 5.92 Å². The lowest BCUT2D eigenvalue weighted by atomic mass is 9.84. The molecule has 2 N–H and O–H groups in total. The van der Waals surface area contributed by atoms with Crippen LogP contribution in [0.2, 0.25) is 0 Å². The number of hydrogen-bond acceptors (Lipinski definition) is 4. The average Bonchev–Trinajstić information content (AvgIpc) is 2.96. The minimum atomic E-state index is -0.484. The third-order valence-corrected chi connectivity index (χ3v) is 5.55. The van der Waals surface area contributed by atoms with Gasteiger partial charge in [0.25, 0.3) is 0 Å². The molecule has 1 unspecified atom stereocenters. The predicted octanol–water partition coefficient (Wildman–Crippen LogP) is -0.350. The zero-order chi connectivity index (χ0) is 18.9. The molecule has 0 radical (unpaired) electrons. The molecule has 0 spiro atoms. The first-order valence-electron chi connectivity index (χ1n) is 8.97. The molecular weight excluding hydrogens is 338 g/mol. The Labute approximate surface area is 153 Å². The van der Waals surface area contributed by atoms with Crippen LogP contribution in [0.4, 0.5) is 4.79 Å². The lowest BCUT2D eigenvalue weighted by Gasteiger charge is -2.51. The van der Waals surface area contributed by atoms with Crippen molar-refractivity contribution in [3.63, 3.8) is 0 Å². The Balaban J connectivity index is 1.59. The maximum Gasteiger partial charge on any atom is 0.409 e. The number of hydrogen-bond donors (Lipinski definition) is 1. The Bertz CT molecular complexity index is 679. The highest BCUT2D eigenvalue weighted by Crippen LogP contribution is 2.35. The van der Waals surface area contributed by atoms with Crippen molar-refractivity contribution < 1.29 is 28.1 Å². The highest BCUT2D eigenvalue weighted by molar-refractivity contribution is 5.87. The van der Waals surface area contributed by atoms with Gasteiger partial charge in [0.05, 0.1) is 20.1 Å². The Morgan fingerprint density at radius 2 is 2.08 bits per heavy atom. The second-order valence-electron chi connectivity index (χ2n) is 7.65. The van der Waals surface area contributed by atoms with Gasteiger partial charge in [0.2, 0.25) is 0 Å². The summed E-state index contributed by atoms with van der Waals surface area (Å²) in [5, 5.41) is 0. The van der Waals surface area contributed by atoms with Crippen LogP contribution in [0.5, 0.6) is 0 Å². The number of aryl methyl sites for hydroxylation is 1. The largest absolute Gasteiger partial charge is 0.440 e. The van der Waals surface area contributed by atoms with Gasteiger partial charge < -0.3 is 15.4 Å². The van der Waals surface area contributed by atoms with Crippen molar-refractivity contribution in [2.45, 2.75) is 25.7 Å². The molecule has 2 bridgehead atoms. The van der Waals surface area contributed by atoms with Crippen molar-refractivity contribution in [2.24, 2.45) is 18.7 Å². The Morgan fingerprint density at radius 1 is 1.38 bits per heavy atom. The number of aromatic nitrogens is 2. The molecule has 0 saturated carbocycles. The van der Waals surface area contributed by atoms with E-state index in [4.69, 9.17) is 15.2 Å². The fourth-order valence-electron chi connectivity index (χ4n) is 4.05. The van der Waals surface area contributed by atoms with Crippen molar-refractivity contribution in [3.8, 4) is 0 Å². The molecule has 1 atom stereocenters. The van der Waals surface area contributed by atoms with Crippen molar-refractivity contribution in [3.05, 3.63) is 18.2 Å². The van der Waals surface area contributed by atoms with E-state index >= 15 is 0 Å². The average molecular weight is 367 g/mol. The van der Waals surface area contributed by atoms with Gasteiger partial charge in [0, 0.05) is 32.9 Å². The molecule has 0 aromatic carbocycles. The summed E-state index contributed by atoms with van der Waals surface area (Å²) < 4.78 is 15.8. The van der Waals surface area contributed by atoms with Crippen LogP contribution in [0.1, 0.15) is 23.5 Å². The van der Waals surface area contributed by atoms with Crippen LogP contribution in [0.3, 0.4) is 0 Å². The Morgan fingerprint density at radius 3 is 2.69 bits per heavy atom. The van der Waals surface area contributed by atoms with E-state index in [1.165, 1.54) is 4.90 Å². The second-order valence-corrected chi connectivity index (χ2v) is 7.65. The highest BCUT2D eigenvalue weighted by atomic mass is 16.6. The molecule has 9 heteroatoms. The number of piperidine rings is 3. The number of fused-ring (bicyclic) bond motifs is 3. The normalized spacial score (nSPS) is 27.3. The fraction of sp³-hybridized carbons (Fsp3) is 0.706. The summed E-state index contributed by atoms with van der Waals surface area (Å²) in [7, 11) is 5.17. The van der Waals surface area contributed by atoms with Crippen molar-refractivity contribution in [1.29, 1.82) is 0 Å². The molecule has 1 aromatic rings. The predicted molar refractivity (Wildman–Crippen MR) is 91.6 cm³/mol. The Kier molecular flexibility index (Phi) is 5.19. The van der Waals surface area contributed by atoms with E-state index in [1.807, 2.05) is 0 Å². The number of primary amides is 1. The van der Waals surface area contributed by atoms with Crippen molar-refractivity contribution >= 4 is 12.0 Å². The molecule has 26 heavy (non-hydrogen) atoms. The smallest absolute Gasteiger partial charge is 0.409 e. The van der Waals surface area contributed by atoms with E-state index < -0.39 is 5.91 Å². The van der Waals surface area contributed by atoms with Crippen molar-refractivity contribution in [2.75, 3.05) is 40.5 Å². The topological polar surface area (TPSA) is 90.7 Å². The molecule has 9 nitrogen and oxygen atoms in total. The van der Waals surface area contributed by atoms with Crippen LogP contribution in [-0.4, -0.2) is 72.5 Å². The molecule has 4 heterocycles. The molecule has 4 rings (SSSR count). The quantitative estimate of drug-likeness (QED) is 0.550. The molecule has 3 saturated heterocycles. The first-order valence-corrected chi connectivity index (χ1v) is 8.97. The number of rotatable bonds is 6. The minimum Gasteiger partial charge on any atom is -0.440 e. The summed E-state index contributed by atoms with van der Waals surface area (Å²) in [6.07, 6.45) is 5.30. The number of amides is 2. The lowest BCUT2D eigenvalue weighted by Crippen LogP contribution is -2.65. The van der Waals surface area contributed by atoms with E-state index in [1.54, 1.807) is 42.7 Å². The summed E-state index contributed by atoms with van der Waals surface area (Å²) >= 11 is 0. The Hall–Kier alpha value is -2.13. The van der Waals surface area contributed by atoms with Gasteiger partial charge in [0.1, 0.15) is 18.9 Å². The van der Waals surface area contributed by atoms with E-state index in [-0.39, 0.29) is 18.9 Å². The van der Waals surface area contributed by atoms with Crippen LogP contribution < -0.4 is 10.3 Å². The molecule has 3 aliphatic rings. The molecule has 144 valence electrons. The van der Waals surface area contributed by atoms with E-state index in [0.29, 0.717) is 18.5 Å². The van der Waals surface area contributed by atoms with Crippen LogP contribution >= 0.6 is 0 Å². The van der Waals surface area contributed by atoms with Gasteiger partial charge in [-0.05, 0) is 0 Å². The molecule has 1 aromatic heterocycles. The maximum absolute atomic E-state index is 11.9. The fourth-order valence-corrected chi connectivity index (χ4v) is 4.05. The standard InChI is InChI=1S/C17H28N5O4/c1-19(2)17(24)26-14-10-22(8-4-13(14)5-9-22)12-25-11-21-7-6-20(3)16(21)15(18)23/h6-7,13-14H,4-5,8-12H2,1-3H3,(H-,18,23)/q+1/p+1. The number of carbonyl (C=O) groups is 2. The van der Waals surface area contributed by atoms with Crippen LogP contribution in [0.15, 0.2) is 12.4 Å². The van der Waals surface area contributed by atoms with Gasteiger partial charge in [-0.3, -0.25) is 14.0 Å². The zero-order valence-corrected chi connectivity index (χ0v) is 15.8. The number of ether oxygens (including phenoxy) is 2. The van der Waals surface area contributed by atoms with Crippen LogP contribution in [-0.2, 0) is 23.3 Å². The van der Waals surface area contributed by atoms with Gasteiger partial charge in [-0.1, -0.05) is 0 Å². The maximum atomic E-state index is 11.9. The van der Waals surface area contributed by atoms with Gasteiger partial charge in [0.15, 0.2) is 19.6 Å². The van der Waals surface area contributed by atoms with Crippen LogP contribution in [0.25, 0.3) is 0 Å². The third kappa shape index (κ3) is 3.68. The van der Waals surface area contributed by atoms with Gasteiger partial charge in [-0.2, -0.15) is 0 Å². The lowest BCUT2D eigenvalue weighted by molar-refractivity contribution is -0.963. The van der Waals surface area contributed by atoms with Crippen molar-refractivity contribution in [1.82, 2.24) is 9.47 Å². The number of quaternary nitrogens is 1. The van der Waals surface area contributed by atoms with E-state index in [9.17, 15) is 9.59 Å². The molecule has 3 aliphatic heterocycles. The number of carbonyl (C=O) groups excluding carboxylic acids is 2.